The van der Waals surface area contributed by atoms with Gasteiger partial charge in [-0.2, -0.15) is 15.0 Å². The van der Waals surface area contributed by atoms with Gasteiger partial charge in [-0.1, -0.05) is 0 Å². The van der Waals surface area contributed by atoms with Gasteiger partial charge < -0.3 is 29.8 Å². The normalized spacial score (nSPS) is 14.1. The van der Waals surface area contributed by atoms with E-state index < -0.39 is 0 Å². The minimum Gasteiger partial charge on any atom is -0.508 e. The van der Waals surface area contributed by atoms with E-state index in [2.05, 4.69) is 30.5 Å². The Morgan fingerprint density at radius 3 is 2.52 bits per heavy atom. The van der Waals surface area contributed by atoms with Gasteiger partial charge >= 0.3 is 0 Å². The predicted octanol–water partition coefficient (Wildman–Crippen LogP) is 2.36. The number of benzene rings is 1. The van der Waals surface area contributed by atoms with Crippen LogP contribution >= 0.6 is 0 Å². The van der Waals surface area contributed by atoms with E-state index in [9.17, 15) is 5.11 Å². The average molecular weight is 368 g/mol. The molecule has 1 fully saturated rings. The van der Waals surface area contributed by atoms with E-state index in [1.807, 2.05) is 12.1 Å². The number of nitrogens with zero attached hydrogens (tertiary/aromatic N) is 4. The first-order valence-corrected chi connectivity index (χ1v) is 8.67. The van der Waals surface area contributed by atoms with Crippen molar-refractivity contribution < 1.29 is 14.3 Å². The van der Waals surface area contributed by atoms with Crippen molar-refractivity contribution >= 4 is 23.5 Å². The molecule has 0 amide bonds. The summed E-state index contributed by atoms with van der Waals surface area (Å²) in [6.45, 7) is 3.20. The molecule has 3 N–H and O–H groups in total. The van der Waals surface area contributed by atoms with Crippen molar-refractivity contribution in [1.82, 2.24) is 15.0 Å². The van der Waals surface area contributed by atoms with Gasteiger partial charge in [-0.25, -0.2) is 0 Å². The number of phenols is 1. The molecule has 4 rings (SSSR count). The number of morpholine rings is 1. The Morgan fingerprint density at radius 1 is 1.00 bits per heavy atom. The van der Waals surface area contributed by atoms with Gasteiger partial charge in [0.2, 0.25) is 17.8 Å². The van der Waals surface area contributed by atoms with Crippen LogP contribution in [0.5, 0.6) is 5.75 Å². The number of nitrogens with one attached hydrogen (secondary N) is 2. The van der Waals surface area contributed by atoms with Gasteiger partial charge in [-0.15, -0.1) is 0 Å². The summed E-state index contributed by atoms with van der Waals surface area (Å²) in [4.78, 5) is 15.6. The Kier molecular flexibility index (Phi) is 5.01. The Morgan fingerprint density at radius 2 is 1.78 bits per heavy atom. The highest BCUT2D eigenvalue weighted by molar-refractivity contribution is 5.56. The van der Waals surface area contributed by atoms with Gasteiger partial charge in [-0.3, -0.25) is 0 Å². The molecule has 2 aromatic heterocycles. The molecule has 0 atom stereocenters. The van der Waals surface area contributed by atoms with E-state index in [4.69, 9.17) is 9.15 Å². The Bertz CT molecular complexity index is 863. The van der Waals surface area contributed by atoms with Crippen LogP contribution in [-0.4, -0.2) is 46.4 Å². The van der Waals surface area contributed by atoms with Crippen LogP contribution in [0.15, 0.2) is 47.1 Å². The maximum atomic E-state index is 9.44. The second-order valence-corrected chi connectivity index (χ2v) is 5.99. The molecule has 0 aliphatic carbocycles. The Hall–Kier alpha value is -3.33. The highest BCUT2D eigenvalue weighted by Gasteiger charge is 2.17. The first kappa shape index (κ1) is 17.1. The number of aromatic nitrogens is 3. The zero-order chi connectivity index (χ0) is 18.5. The molecule has 1 saturated heterocycles. The lowest BCUT2D eigenvalue weighted by Gasteiger charge is -2.27. The Balaban J connectivity index is 1.57. The topological polar surface area (TPSA) is 109 Å². The third-order valence-electron chi connectivity index (χ3n) is 4.04. The summed E-state index contributed by atoms with van der Waals surface area (Å²) in [5.74, 6) is 2.43. The predicted molar refractivity (Wildman–Crippen MR) is 100 cm³/mol. The van der Waals surface area contributed by atoms with Crippen LogP contribution in [0.3, 0.4) is 0 Å². The van der Waals surface area contributed by atoms with Crippen LogP contribution in [0.4, 0.5) is 23.5 Å². The molecule has 0 bridgehead atoms. The van der Waals surface area contributed by atoms with Crippen molar-refractivity contribution in [1.29, 1.82) is 0 Å². The molecule has 0 unspecified atom stereocenters. The van der Waals surface area contributed by atoms with Crippen molar-refractivity contribution in [3.05, 3.63) is 48.4 Å². The first-order chi connectivity index (χ1) is 13.3. The van der Waals surface area contributed by atoms with Crippen molar-refractivity contribution in [2.45, 2.75) is 6.54 Å². The minimum atomic E-state index is 0.200. The number of phenolic OH excluding ortho intramolecular Hbond substituents is 1. The van der Waals surface area contributed by atoms with E-state index in [0.29, 0.717) is 37.6 Å². The molecule has 0 radical (unpaired) electrons. The third kappa shape index (κ3) is 4.45. The number of anilines is 4. The molecule has 9 heteroatoms. The van der Waals surface area contributed by atoms with Gasteiger partial charge in [0, 0.05) is 18.8 Å². The van der Waals surface area contributed by atoms with Gasteiger partial charge in [0.15, 0.2) is 0 Å². The molecule has 3 heterocycles. The smallest absolute Gasteiger partial charge is 0.233 e. The number of ether oxygens (including phenoxy) is 1. The number of hydrogen-bond donors (Lipinski definition) is 3. The van der Waals surface area contributed by atoms with Crippen molar-refractivity contribution in [2.24, 2.45) is 0 Å². The van der Waals surface area contributed by atoms with Crippen LogP contribution in [-0.2, 0) is 11.3 Å². The van der Waals surface area contributed by atoms with Crippen molar-refractivity contribution in [3.63, 3.8) is 0 Å². The van der Waals surface area contributed by atoms with Crippen LogP contribution in [0.2, 0.25) is 0 Å². The maximum Gasteiger partial charge on any atom is 0.233 e. The fourth-order valence-corrected chi connectivity index (χ4v) is 2.66. The standard InChI is InChI=1S/C18H20N6O3/c25-14-5-3-13(4-6-14)20-17-21-16(19-12-15-2-1-9-27-15)22-18(23-17)24-7-10-26-11-8-24/h1-6,9,25H,7-8,10-12H2,(H2,19,20,21,22,23). The highest BCUT2D eigenvalue weighted by Crippen LogP contribution is 2.20. The lowest BCUT2D eigenvalue weighted by atomic mass is 10.3. The largest absolute Gasteiger partial charge is 0.508 e. The molecule has 0 saturated carbocycles. The number of rotatable bonds is 6. The fourth-order valence-electron chi connectivity index (χ4n) is 2.66. The quantitative estimate of drug-likeness (QED) is 0.565. The monoisotopic (exact) mass is 368 g/mol. The average Bonchev–Trinajstić information content (AvgIpc) is 3.22. The van der Waals surface area contributed by atoms with Gasteiger partial charge in [0.1, 0.15) is 11.5 Å². The summed E-state index contributed by atoms with van der Waals surface area (Å²) in [5.41, 5.74) is 0.768. The fraction of sp³-hybridized carbons (Fsp3) is 0.278. The number of hydrogen-bond acceptors (Lipinski definition) is 9. The van der Waals surface area contributed by atoms with E-state index in [-0.39, 0.29) is 5.75 Å². The second kappa shape index (κ2) is 7.92. The molecule has 1 aliphatic rings. The van der Waals surface area contributed by atoms with Crippen LogP contribution in [0.1, 0.15) is 5.76 Å². The molecule has 1 aliphatic heterocycles. The van der Waals surface area contributed by atoms with E-state index in [1.54, 1.807) is 30.5 Å². The summed E-state index contributed by atoms with van der Waals surface area (Å²) in [6.07, 6.45) is 1.63. The summed E-state index contributed by atoms with van der Waals surface area (Å²) in [7, 11) is 0. The van der Waals surface area contributed by atoms with E-state index in [0.717, 1.165) is 24.5 Å². The van der Waals surface area contributed by atoms with Gasteiger partial charge in [-0.05, 0) is 36.4 Å². The molecule has 140 valence electrons. The number of aromatic hydroxyl groups is 1. The summed E-state index contributed by atoms with van der Waals surface area (Å²) in [5, 5.41) is 15.8. The summed E-state index contributed by atoms with van der Waals surface area (Å²) < 4.78 is 10.7. The van der Waals surface area contributed by atoms with Crippen molar-refractivity contribution in [3.8, 4) is 5.75 Å². The molecule has 0 spiro atoms. The minimum absolute atomic E-state index is 0.200. The maximum absolute atomic E-state index is 9.44. The molecule has 3 aromatic rings. The first-order valence-electron chi connectivity index (χ1n) is 8.67. The van der Waals surface area contributed by atoms with Gasteiger partial charge in [0.25, 0.3) is 0 Å². The highest BCUT2D eigenvalue weighted by atomic mass is 16.5. The zero-order valence-electron chi connectivity index (χ0n) is 14.6. The van der Waals surface area contributed by atoms with Gasteiger partial charge in [0.05, 0.1) is 26.0 Å². The van der Waals surface area contributed by atoms with Crippen LogP contribution in [0.25, 0.3) is 0 Å². The summed E-state index contributed by atoms with van der Waals surface area (Å²) >= 11 is 0. The SMILES string of the molecule is Oc1ccc(Nc2nc(NCc3ccco3)nc(N3CCOCC3)n2)cc1. The second-order valence-electron chi connectivity index (χ2n) is 5.99. The van der Waals surface area contributed by atoms with E-state index in [1.165, 1.54) is 0 Å². The lowest BCUT2D eigenvalue weighted by Crippen LogP contribution is -2.37. The van der Waals surface area contributed by atoms with Crippen LogP contribution in [0, 0.1) is 0 Å². The molecule has 27 heavy (non-hydrogen) atoms. The lowest BCUT2D eigenvalue weighted by molar-refractivity contribution is 0.122. The van der Waals surface area contributed by atoms with Crippen molar-refractivity contribution in [2.75, 3.05) is 41.8 Å². The summed E-state index contributed by atoms with van der Waals surface area (Å²) in [6, 6.07) is 10.4. The van der Waals surface area contributed by atoms with Crippen LogP contribution < -0.4 is 15.5 Å². The zero-order valence-corrected chi connectivity index (χ0v) is 14.6. The Labute approximate surface area is 156 Å². The molecule has 9 nitrogen and oxygen atoms in total. The van der Waals surface area contributed by atoms with E-state index >= 15 is 0 Å². The molecular weight excluding hydrogens is 348 g/mol. The number of furan rings is 1. The third-order valence-corrected chi connectivity index (χ3v) is 4.04. The molecular formula is C18H20N6O3. The molecule has 1 aromatic carbocycles.